The summed E-state index contributed by atoms with van der Waals surface area (Å²) in [6.07, 6.45) is 0. The van der Waals surface area contributed by atoms with Crippen LogP contribution in [0.15, 0.2) is 0 Å². The number of hydrogen-bond donors (Lipinski definition) is 2. The largest absolute Gasteiger partial charge is 0.444 e. The average Bonchev–Trinajstić information content (AvgIpc) is 1.30. The van der Waals surface area contributed by atoms with Crippen molar-refractivity contribution >= 4 is 44.9 Å². The quantitative estimate of drug-likeness (QED) is 0.259. The third kappa shape index (κ3) is 7.01. The zero-order valence-electron chi connectivity index (χ0n) is 3.47. The van der Waals surface area contributed by atoms with E-state index in [1.807, 2.05) is 0 Å². The fourth-order valence-corrected chi connectivity index (χ4v) is 0.318. The van der Waals surface area contributed by atoms with Gasteiger partial charge in [-0.3, -0.25) is 0 Å². The third-order valence-corrected chi connectivity index (χ3v) is 0.634. The molecule has 2 radical (unpaired) electrons. The minimum atomic E-state index is -0.936. The number of thiol groups is 2. The summed E-state index contributed by atoms with van der Waals surface area (Å²) in [6, 6.07) is 0. The van der Waals surface area contributed by atoms with Crippen molar-refractivity contribution in [1.82, 2.24) is 0 Å². The van der Waals surface area contributed by atoms with E-state index in [0.29, 0.717) is 0 Å². The van der Waals surface area contributed by atoms with Crippen LogP contribution < -0.4 is 0 Å². The Morgan fingerprint density at radius 1 is 1.71 bits per heavy atom. The van der Waals surface area contributed by atoms with Crippen LogP contribution in [0.1, 0.15) is 0 Å². The molecule has 0 fully saturated rings. The highest BCUT2D eigenvalue weighted by atomic mass is 35.5. The van der Waals surface area contributed by atoms with Gasteiger partial charge in [-0.1, -0.05) is 11.6 Å². The first-order valence-electron chi connectivity index (χ1n) is 1.51. The summed E-state index contributed by atoms with van der Waals surface area (Å²) in [6.45, 7) is 0.112. The molecule has 5 heteroatoms. The van der Waals surface area contributed by atoms with Crippen molar-refractivity contribution in [2.24, 2.45) is 0 Å². The lowest BCUT2D eigenvalue weighted by Crippen LogP contribution is -2.11. The minimum absolute atomic E-state index is 0.112. The van der Waals surface area contributed by atoms with Crippen LogP contribution in [0.4, 0.5) is 0 Å². The molecule has 0 aliphatic heterocycles. The summed E-state index contributed by atoms with van der Waals surface area (Å²) in [5, 5.41) is 0. The molecular formula is C2H4BClOS2. The number of rotatable bonds is 2. The summed E-state index contributed by atoms with van der Waals surface area (Å²) >= 11 is 12.9. The van der Waals surface area contributed by atoms with Crippen molar-refractivity contribution in [2.75, 3.05) is 6.61 Å². The van der Waals surface area contributed by atoms with Gasteiger partial charge in [0.1, 0.15) is 0 Å². The maximum absolute atomic E-state index is 5.36. The first kappa shape index (κ1) is 8.01. The van der Waals surface area contributed by atoms with Crippen molar-refractivity contribution in [2.45, 2.75) is 3.54 Å². The molecule has 0 spiro atoms. The maximum atomic E-state index is 5.36. The second-order valence-electron chi connectivity index (χ2n) is 1.03. The minimum Gasteiger partial charge on any atom is -0.444 e. The van der Waals surface area contributed by atoms with Gasteiger partial charge in [0, 0.05) is 0 Å². The molecule has 0 aromatic heterocycles. The van der Waals surface area contributed by atoms with Crippen LogP contribution in [0.5, 0.6) is 0 Å². The fourth-order valence-electron chi connectivity index (χ4n) is 0.106. The van der Waals surface area contributed by atoms with Gasteiger partial charge in [0.2, 0.25) is 0 Å². The van der Waals surface area contributed by atoms with Crippen LogP contribution in [0.25, 0.3) is 0 Å². The van der Waals surface area contributed by atoms with Crippen LogP contribution in [-0.2, 0) is 4.65 Å². The van der Waals surface area contributed by atoms with Crippen molar-refractivity contribution < 1.29 is 4.65 Å². The van der Waals surface area contributed by atoms with Gasteiger partial charge < -0.3 is 4.65 Å². The lowest BCUT2D eigenvalue weighted by molar-refractivity contribution is 0.364. The topological polar surface area (TPSA) is 9.23 Å². The molecule has 40 valence electrons. The molecule has 7 heavy (non-hydrogen) atoms. The van der Waals surface area contributed by atoms with E-state index in [0.717, 1.165) is 0 Å². The molecule has 0 aromatic rings. The standard InChI is InChI=1S/C2H4BClOS2/c3-5-1-2(4,6)7/h6-7H,1H2. The van der Waals surface area contributed by atoms with Crippen molar-refractivity contribution in [1.29, 1.82) is 0 Å². The van der Waals surface area contributed by atoms with E-state index < -0.39 is 3.54 Å². The van der Waals surface area contributed by atoms with Crippen LogP contribution >= 0.6 is 36.9 Å². The van der Waals surface area contributed by atoms with E-state index in [9.17, 15) is 0 Å². The lowest BCUT2D eigenvalue weighted by atomic mass is 10.6. The Morgan fingerprint density at radius 2 is 2.14 bits per heavy atom. The van der Waals surface area contributed by atoms with Gasteiger partial charge >= 0.3 is 0 Å². The Bertz CT molecular complexity index is 54.1. The molecule has 0 aliphatic carbocycles. The summed E-state index contributed by atoms with van der Waals surface area (Å²) < 4.78 is 3.19. The van der Waals surface area contributed by atoms with E-state index in [2.05, 4.69) is 38.0 Å². The molecule has 1 nitrogen and oxygen atoms in total. The van der Waals surface area contributed by atoms with Crippen LogP contribution in [-0.4, -0.2) is 18.2 Å². The maximum Gasteiger partial charge on any atom is 0.282 e. The molecule has 0 bridgehead atoms. The van der Waals surface area contributed by atoms with Crippen molar-refractivity contribution in [3.05, 3.63) is 0 Å². The van der Waals surface area contributed by atoms with Gasteiger partial charge in [0.05, 0.1) is 6.61 Å². The first-order valence-corrected chi connectivity index (χ1v) is 2.79. The molecule has 0 saturated heterocycles. The first-order chi connectivity index (χ1) is 3.06. The summed E-state index contributed by atoms with van der Waals surface area (Å²) in [4.78, 5) is 0. The van der Waals surface area contributed by atoms with E-state index in [1.54, 1.807) is 0 Å². The Hall–Kier alpha value is 1.01. The van der Waals surface area contributed by atoms with E-state index in [1.165, 1.54) is 0 Å². The lowest BCUT2D eigenvalue weighted by Gasteiger charge is -2.10. The molecule has 0 aromatic carbocycles. The summed E-state index contributed by atoms with van der Waals surface area (Å²) in [5.41, 5.74) is 0. The van der Waals surface area contributed by atoms with Crippen LogP contribution in [0, 0.1) is 0 Å². The summed E-state index contributed by atoms with van der Waals surface area (Å²) in [5.74, 6) is 0. The Kier molecular flexibility index (Phi) is 3.58. The summed E-state index contributed by atoms with van der Waals surface area (Å²) in [7, 11) is 4.63. The predicted octanol–water partition coefficient (Wildman–Crippen LogP) is 0.839. The number of alkyl halides is 1. The highest BCUT2D eigenvalue weighted by molar-refractivity contribution is 8.02. The van der Waals surface area contributed by atoms with Gasteiger partial charge in [-0.05, 0) is 0 Å². The smallest absolute Gasteiger partial charge is 0.282 e. The van der Waals surface area contributed by atoms with Gasteiger partial charge in [-0.25, -0.2) is 0 Å². The zero-order valence-corrected chi connectivity index (χ0v) is 6.01. The molecule has 0 atom stereocenters. The monoisotopic (exact) mass is 154 g/mol. The Balaban J connectivity index is 3.15. The molecule has 0 amide bonds. The van der Waals surface area contributed by atoms with Gasteiger partial charge in [-0.2, -0.15) is 0 Å². The Labute approximate surface area is 60.0 Å². The highest BCUT2D eigenvalue weighted by Crippen LogP contribution is 2.23. The van der Waals surface area contributed by atoms with Crippen molar-refractivity contribution in [3.63, 3.8) is 0 Å². The second-order valence-corrected chi connectivity index (χ2v) is 4.08. The van der Waals surface area contributed by atoms with Crippen LogP contribution in [0.2, 0.25) is 0 Å². The van der Waals surface area contributed by atoms with Crippen LogP contribution in [0.3, 0.4) is 0 Å². The molecular weight excluding hydrogens is 150 g/mol. The zero-order chi connectivity index (χ0) is 5.91. The van der Waals surface area contributed by atoms with E-state index >= 15 is 0 Å². The number of hydrogen-bond acceptors (Lipinski definition) is 3. The van der Waals surface area contributed by atoms with Crippen molar-refractivity contribution in [3.8, 4) is 0 Å². The normalized spacial score (nSPS) is 11.9. The molecule has 0 unspecified atom stereocenters. The van der Waals surface area contributed by atoms with E-state index in [4.69, 9.17) is 11.6 Å². The van der Waals surface area contributed by atoms with Gasteiger partial charge in [-0.15, -0.1) is 25.3 Å². The van der Waals surface area contributed by atoms with Gasteiger partial charge in [0.15, 0.2) is 3.54 Å². The highest BCUT2D eigenvalue weighted by Gasteiger charge is 2.13. The molecule has 0 rings (SSSR count). The fraction of sp³-hybridized carbons (Fsp3) is 1.00. The molecule has 0 saturated carbocycles. The SMILES string of the molecule is [B]OCC(S)(S)Cl. The second kappa shape index (κ2) is 3.12. The molecule has 0 heterocycles. The Morgan fingerprint density at radius 3 is 2.14 bits per heavy atom. The van der Waals surface area contributed by atoms with E-state index in [-0.39, 0.29) is 6.61 Å². The molecule has 0 N–H and O–H groups in total. The predicted molar refractivity (Wildman–Crippen MR) is 38.3 cm³/mol. The molecule has 0 aliphatic rings. The number of halogens is 1. The van der Waals surface area contributed by atoms with Gasteiger partial charge in [0.25, 0.3) is 8.05 Å². The third-order valence-electron chi connectivity index (χ3n) is 0.267. The average molecular weight is 154 g/mol.